The van der Waals surface area contributed by atoms with Gasteiger partial charge in [0.05, 0.1) is 5.69 Å². The number of rotatable bonds is 1. The molecule has 0 saturated heterocycles. The second-order valence-corrected chi connectivity index (χ2v) is 4.43. The molecule has 1 aromatic carbocycles. The first-order valence-electron chi connectivity index (χ1n) is 3.91. The van der Waals surface area contributed by atoms with Crippen molar-refractivity contribution in [1.82, 2.24) is 4.98 Å². The Morgan fingerprint density at radius 2 is 2.00 bits per heavy atom. The highest BCUT2D eigenvalue weighted by Crippen LogP contribution is 2.23. The van der Waals surface area contributed by atoms with Crippen molar-refractivity contribution in [3.05, 3.63) is 39.1 Å². The summed E-state index contributed by atoms with van der Waals surface area (Å²) in [6.45, 7) is 0. The second-order valence-electron chi connectivity index (χ2n) is 2.66. The van der Waals surface area contributed by atoms with Gasteiger partial charge in [-0.3, -0.25) is 0 Å². The van der Waals surface area contributed by atoms with Crippen LogP contribution in [0.1, 0.15) is 5.01 Å². The van der Waals surface area contributed by atoms with Crippen LogP contribution >= 0.6 is 27.3 Å². The molecule has 0 aliphatic rings. The van der Waals surface area contributed by atoms with Crippen LogP contribution in [-0.4, -0.2) is 4.98 Å². The molecule has 0 unspecified atom stereocenters. The number of thiazole rings is 1. The van der Waals surface area contributed by atoms with E-state index in [2.05, 4.69) is 20.9 Å². The van der Waals surface area contributed by atoms with E-state index in [4.69, 9.17) is 5.26 Å². The van der Waals surface area contributed by atoms with Gasteiger partial charge in [-0.25, -0.2) is 4.98 Å². The van der Waals surface area contributed by atoms with E-state index in [1.54, 1.807) is 0 Å². The standard InChI is InChI=1S/C10H5BrN2S/c11-8-3-1-7(2-4-8)9-6-14-10(5-12)13-9/h1-4,6H. The summed E-state index contributed by atoms with van der Waals surface area (Å²) in [7, 11) is 0. The molecule has 4 heteroatoms. The summed E-state index contributed by atoms with van der Waals surface area (Å²) in [5, 5.41) is 11.0. The molecule has 2 aromatic rings. The van der Waals surface area contributed by atoms with E-state index in [-0.39, 0.29) is 0 Å². The monoisotopic (exact) mass is 264 g/mol. The lowest BCUT2D eigenvalue weighted by Gasteiger charge is -1.95. The minimum absolute atomic E-state index is 0.503. The van der Waals surface area contributed by atoms with Gasteiger partial charge in [-0.1, -0.05) is 28.1 Å². The van der Waals surface area contributed by atoms with Gasteiger partial charge in [0.2, 0.25) is 0 Å². The predicted molar refractivity (Wildman–Crippen MR) is 60.0 cm³/mol. The fourth-order valence-electron chi connectivity index (χ4n) is 1.08. The quantitative estimate of drug-likeness (QED) is 0.791. The van der Waals surface area contributed by atoms with Crippen LogP contribution in [0.2, 0.25) is 0 Å². The minimum atomic E-state index is 0.503. The van der Waals surface area contributed by atoms with Crippen molar-refractivity contribution in [2.75, 3.05) is 0 Å². The molecule has 0 aliphatic heterocycles. The Bertz CT molecular complexity index is 482. The van der Waals surface area contributed by atoms with Crippen molar-refractivity contribution in [2.24, 2.45) is 0 Å². The molecule has 68 valence electrons. The molecule has 2 nitrogen and oxygen atoms in total. The highest BCUT2D eigenvalue weighted by Gasteiger charge is 2.02. The van der Waals surface area contributed by atoms with Crippen LogP contribution in [0.25, 0.3) is 11.3 Å². The van der Waals surface area contributed by atoms with Gasteiger partial charge in [-0.15, -0.1) is 11.3 Å². The van der Waals surface area contributed by atoms with E-state index < -0.39 is 0 Å². The van der Waals surface area contributed by atoms with E-state index in [9.17, 15) is 0 Å². The van der Waals surface area contributed by atoms with Crippen molar-refractivity contribution in [2.45, 2.75) is 0 Å². The van der Waals surface area contributed by atoms with Gasteiger partial charge in [0.25, 0.3) is 0 Å². The molecule has 0 amide bonds. The Labute approximate surface area is 94.0 Å². The molecular formula is C10H5BrN2S. The first-order chi connectivity index (χ1) is 6.79. The Kier molecular flexibility index (Phi) is 2.62. The molecule has 0 saturated carbocycles. The average molecular weight is 265 g/mol. The van der Waals surface area contributed by atoms with E-state index in [1.807, 2.05) is 35.7 Å². The molecule has 0 fully saturated rings. The van der Waals surface area contributed by atoms with Gasteiger partial charge < -0.3 is 0 Å². The molecule has 0 aliphatic carbocycles. The van der Waals surface area contributed by atoms with Crippen molar-refractivity contribution < 1.29 is 0 Å². The summed E-state index contributed by atoms with van der Waals surface area (Å²) in [6.07, 6.45) is 0. The first-order valence-corrected chi connectivity index (χ1v) is 5.58. The Hall–Kier alpha value is -1.18. The summed E-state index contributed by atoms with van der Waals surface area (Å²) in [6, 6.07) is 9.89. The third kappa shape index (κ3) is 1.84. The number of aromatic nitrogens is 1. The molecule has 0 spiro atoms. The fourth-order valence-corrected chi connectivity index (χ4v) is 1.96. The molecule has 2 rings (SSSR count). The van der Waals surface area contributed by atoms with Gasteiger partial charge >= 0.3 is 0 Å². The molecule has 1 aromatic heterocycles. The summed E-state index contributed by atoms with van der Waals surface area (Å²) in [4.78, 5) is 4.17. The van der Waals surface area contributed by atoms with Gasteiger partial charge in [-0.2, -0.15) is 5.26 Å². The molecule has 0 bridgehead atoms. The third-order valence-corrected chi connectivity index (χ3v) is 3.02. The number of benzene rings is 1. The number of nitrogens with zero attached hydrogens (tertiary/aromatic N) is 2. The molecule has 0 radical (unpaired) electrons. The summed E-state index contributed by atoms with van der Waals surface area (Å²) >= 11 is 4.73. The zero-order valence-electron chi connectivity index (χ0n) is 7.07. The van der Waals surface area contributed by atoms with E-state index in [0.29, 0.717) is 5.01 Å². The summed E-state index contributed by atoms with van der Waals surface area (Å²) < 4.78 is 1.04. The molecule has 14 heavy (non-hydrogen) atoms. The number of hydrogen-bond acceptors (Lipinski definition) is 3. The summed E-state index contributed by atoms with van der Waals surface area (Å²) in [5.74, 6) is 0. The normalized spacial score (nSPS) is 9.71. The maximum atomic E-state index is 8.63. The third-order valence-electron chi connectivity index (χ3n) is 1.74. The summed E-state index contributed by atoms with van der Waals surface area (Å²) in [5.41, 5.74) is 1.89. The van der Waals surface area contributed by atoms with Crippen LogP contribution in [0.15, 0.2) is 34.1 Å². The minimum Gasteiger partial charge on any atom is -0.226 e. The average Bonchev–Trinajstić information content (AvgIpc) is 2.67. The van der Waals surface area contributed by atoms with Gasteiger partial charge in [-0.05, 0) is 12.1 Å². The van der Waals surface area contributed by atoms with Gasteiger partial charge in [0.15, 0.2) is 5.01 Å². The first kappa shape index (κ1) is 9.38. The van der Waals surface area contributed by atoms with Crippen molar-refractivity contribution in [3.8, 4) is 17.3 Å². The zero-order chi connectivity index (χ0) is 9.97. The van der Waals surface area contributed by atoms with Crippen LogP contribution < -0.4 is 0 Å². The molecule has 1 heterocycles. The highest BCUT2D eigenvalue weighted by molar-refractivity contribution is 9.10. The van der Waals surface area contributed by atoms with Gasteiger partial charge in [0.1, 0.15) is 6.07 Å². The largest absolute Gasteiger partial charge is 0.226 e. The zero-order valence-corrected chi connectivity index (χ0v) is 9.47. The predicted octanol–water partition coefficient (Wildman–Crippen LogP) is 3.44. The van der Waals surface area contributed by atoms with E-state index in [1.165, 1.54) is 11.3 Å². The maximum Gasteiger partial charge on any atom is 0.194 e. The van der Waals surface area contributed by atoms with Gasteiger partial charge in [0, 0.05) is 15.4 Å². The van der Waals surface area contributed by atoms with Crippen LogP contribution in [-0.2, 0) is 0 Å². The van der Waals surface area contributed by atoms with Crippen LogP contribution in [0.5, 0.6) is 0 Å². The maximum absolute atomic E-state index is 8.63. The van der Waals surface area contributed by atoms with E-state index >= 15 is 0 Å². The number of hydrogen-bond donors (Lipinski definition) is 0. The fraction of sp³-hybridized carbons (Fsp3) is 0. The van der Waals surface area contributed by atoms with Crippen LogP contribution in [0.3, 0.4) is 0 Å². The SMILES string of the molecule is N#Cc1nc(-c2ccc(Br)cc2)cs1. The van der Waals surface area contributed by atoms with Crippen LogP contribution in [0, 0.1) is 11.3 Å². The number of halogens is 1. The lowest BCUT2D eigenvalue weighted by molar-refractivity contribution is 1.35. The molecule has 0 atom stereocenters. The van der Waals surface area contributed by atoms with Crippen molar-refractivity contribution in [1.29, 1.82) is 5.26 Å². The Morgan fingerprint density at radius 1 is 1.29 bits per heavy atom. The molecular weight excluding hydrogens is 260 g/mol. The van der Waals surface area contributed by atoms with Crippen molar-refractivity contribution >= 4 is 27.3 Å². The Balaban J connectivity index is 2.40. The lowest BCUT2D eigenvalue weighted by Crippen LogP contribution is -1.77. The molecule has 0 N–H and O–H groups in total. The smallest absolute Gasteiger partial charge is 0.194 e. The highest BCUT2D eigenvalue weighted by atomic mass is 79.9. The lowest BCUT2D eigenvalue weighted by atomic mass is 10.2. The second kappa shape index (κ2) is 3.91. The van der Waals surface area contributed by atoms with Crippen LogP contribution in [0.4, 0.5) is 0 Å². The van der Waals surface area contributed by atoms with Crippen molar-refractivity contribution in [3.63, 3.8) is 0 Å². The topological polar surface area (TPSA) is 36.7 Å². The Morgan fingerprint density at radius 3 is 2.57 bits per heavy atom. The number of nitriles is 1. The van der Waals surface area contributed by atoms with E-state index in [0.717, 1.165) is 15.7 Å².